The number of carbonyl (C=O) groups is 1. The zero-order valence-electron chi connectivity index (χ0n) is 12.8. The molecule has 3 nitrogen and oxygen atoms in total. The van der Waals surface area contributed by atoms with E-state index in [0.29, 0.717) is 17.4 Å². The first kappa shape index (κ1) is 16.5. The Hall–Kier alpha value is -1.84. The Bertz CT molecular complexity index is 655. The molecule has 0 aromatic heterocycles. The highest BCUT2D eigenvalue weighted by Gasteiger charge is 2.24. The summed E-state index contributed by atoms with van der Waals surface area (Å²) in [5.74, 6) is 0.311. The monoisotopic (exact) mass is 317 g/mol. The number of hydrogen-bond acceptors (Lipinski definition) is 3. The second-order valence-corrected chi connectivity index (χ2v) is 5.63. The second-order valence-electron chi connectivity index (χ2n) is 5.63. The molecule has 0 radical (unpaired) electrons. The zero-order valence-corrected chi connectivity index (χ0v) is 13.6. The van der Waals surface area contributed by atoms with E-state index >= 15 is 0 Å². The molecule has 22 heavy (non-hydrogen) atoms. The molecule has 0 heterocycles. The third-order valence-electron chi connectivity index (χ3n) is 4.01. The molecule has 2 aromatic carbocycles. The highest BCUT2D eigenvalue weighted by atomic mass is 35.5. The highest BCUT2D eigenvalue weighted by Crippen LogP contribution is 2.36. The van der Waals surface area contributed by atoms with Gasteiger partial charge in [0.2, 0.25) is 0 Å². The van der Waals surface area contributed by atoms with Crippen LogP contribution in [0.4, 0.5) is 0 Å². The van der Waals surface area contributed by atoms with E-state index in [9.17, 15) is 4.79 Å². The summed E-state index contributed by atoms with van der Waals surface area (Å²) in [6, 6.07) is 15.5. The molecule has 0 bridgehead atoms. The van der Waals surface area contributed by atoms with Crippen molar-refractivity contribution in [3.05, 3.63) is 65.2 Å². The van der Waals surface area contributed by atoms with Gasteiger partial charge in [-0.25, -0.2) is 4.79 Å². The van der Waals surface area contributed by atoms with Crippen LogP contribution in [0.25, 0.3) is 0 Å². The molecule has 0 saturated heterocycles. The first-order chi connectivity index (χ1) is 10.1. The fourth-order valence-corrected chi connectivity index (χ4v) is 2.90. The first-order valence-electron chi connectivity index (χ1n) is 7.21. The third-order valence-corrected chi connectivity index (χ3v) is 4.01. The fourth-order valence-electron chi connectivity index (χ4n) is 2.90. The highest BCUT2D eigenvalue weighted by molar-refractivity contribution is 5.91. The molecule has 0 unspecified atom stereocenters. The number of halogens is 1. The van der Waals surface area contributed by atoms with E-state index in [-0.39, 0.29) is 18.4 Å². The van der Waals surface area contributed by atoms with Crippen molar-refractivity contribution in [2.24, 2.45) is 0 Å². The molecule has 1 aliphatic carbocycles. The summed E-state index contributed by atoms with van der Waals surface area (Å²) in [5.41, 5.74) is 3.20. The molecule has 4 heteroatoms. The van der Waals surface area contributed by atoms with Crippen molar-refractivity contribution in [2.45, 2.75) is 18.9 Å². The van der Waals surface area contributed by atoms with Gasteiger partial charge in [0.25, 0.3) is 0 Å². The van der Waals surface area contributed by atoms with Gasteiger partial charge in [0.1, 0.15) is 5.75 Å². The van der Waals surface area contributed by atoms with Gasteiger partial charge >= 0.3 is 5.97 Å². The molecule has 1 atom stereocenters. The maximum atomic E-state index is 12.1. The molecule has 3 rings (SSSR count). The van der Waals surface area contributed by atoms with Gasteiger partial charge in [-0.05, 0) is 62.3 Å². The predicted molar refractivity (Wildman–Crippen MR) is 89.8 cm³/mol. The van der Waals surface area contributed by atoms with Gasteiger partial charge in [-0.2, -0.15) is 0 Å². The average molecular weight is 318 g/mol. The lowest BCUT2D eigenvalue weighted by molar-refractivity contribution is 0.0734. The van der Waals surface area contributed by atoms with Crippen LogP contribution in [0.5, 0.6) is 5.75 Å². The summed E-state index contributed by atoms with van der Waals surface area (Å²) in [7, 11) is 4.17. The van der Waals surface area contributed by atoms with E-state index in [2.05, 4.69) is 25.1 Å². The van der Waals surface area contributed by atoms with Gasteiger partial charge in [0, 0.05) is 6.04 Å². The molecule has 0 amide bonds. The van der Waals surface area contributed by atoms with E-state index in [4.69, 9.17) is 4.74 Å². The molecule has 0 saturated carbocycles. The van der Waals surface area contributed by atoms with Gasteiger partial charge in [-0.1, -0.05) is 24.3 Å². The molecular weight excluding hydrogens is 298 g/mol. The molecule has 116 valence electrons. The van der Waals surface area contributed by atoms with Crippen LogP contribution in [0, 0.1) is 0 Å². The number of ether oxygens (including phenoxy) is 1. The third kappa shape index (κ3) is 3.32. The summed E-state index contributed by atoms with van der Waals surface area (Å²) < 4.78 is 5.50. The number of esters is 1. The number of rotatable bonds is 3. The molecule has 1 aliphatic rings. The maximum absolute atomic E-state index is 12.1. The van der Waals surface area contributed by atoms with E-state index in [1.54, 1.807) is 12.1 Å². The van der Waals surface area contributed by atoms with Crippen LogP contribution >= 0.6 is 12.4 Å². The summed E-state index contributed by atoms with van der Waals surface area (Å²) in [6.45, 7) is 0. The number of benzene rings is 2. The van der Waals surface area contributed by atoms with Crippen molar-refractivity contribution < 1.29 is 9.53 Å². The molecule has 2 aromatic rings. The quantitative estimate of drug-likeness (QED) is 0.635. The minimum atomic E-state index is -0.310. The summed E-state index contributed by atoms with van der Waals surface area (Å²) in [4.78, 5) is 14.3. The number of fused-ring (bicyclic) bond motifs is 1. The summed E-state index contributed by atoms with van der Waals surface area (Å²) >= 11 is 0. The van der Waals surface area contributed by atoms with Crippen LogP contribution in [0.15, 0.2) is 48.5 Å². The second kappa shape index (κ2) is 6.95. The normalized spacial score (nSPS) is 16.0. The van der Waals surface area contributed by atoms with Crippen LogP contribution in [-0.4, -0.2) is 25.0 Å². The molecule has 0 fully saturated rings. The van der Waals surface area contributed by atoms with Gasteiger partial charge < -0.3 is 9.64 Å². The van der Waals surface area contributed by atoms with Crippen LogP contribution < -0.4 is 4.74 Å². The number of carbonyl (C=O) groups excluding carboxylic acids is 1. The lowest BCUT2D eigenvalue weighted by Crippen LogP contribution is -2.17. The Morgan fingerprint density at radius 2 is 1.86 bits per heavy atom. The van der Waals surface area contributed by atoms with Crippen LogP contribution in [0.1, 0.15) is 33.9 Å². The predicted octanol–water partition coefficient (Wildman–Crippen LogP) is 3.88. The van der Waals surface area contributed by atoms with Gasteiger partial charge in [-0.15, -0.1) is 12.4 Å². The largest absolute Gasteiger partial charge is 0.423 e. The maximum Gasteiger partial charge on any atom is 0.343 e. The van der Waals surface area contributed by atoms with Gasteiger partial charge in [0.05, 0.1) is 5.56 Å². The van der Waals surface area contributed by atoms with E-state index < -0.39 is 0 Å². The van der Waals surface area contributed by atoms with E-state index in [1.165, 1.54) is 11.1 Å². The van der Waals surface area contributed by atoms with Gasteiger partial charge in [-0.3, -0.25) is 0 Å². The van der Waals surface area contributed by atoms with Crippen molar-refractivity contribution in [2.75, 3.05) is 14.1 Å². The Labute approximate surface area is 137 Å². The minimum Gasteiger partial charge on any atom is -0.423 e. The Kier molecular flexibility index (Phi) is 5.22. The van der Waals surface area contributed by atoms with Crippen molar-refractivity contribution >= 4 is 18.4 Å². The van der Waals surface area contributed by atoms with Crippen molar-refractivity contribution in [1.82, 2.24) is 4.90 Å². The van der Waals surface area contributed by atoms with E-state index in [1.807, 2.05) is 30.3 Å². The van der Waals surface area contributed by atoms with E-state index in [0.717, 1.165) is 12.8 Å². The fraction of sp³-hybridized carbons (Fsp3) is 0.278. The first-order valence-corrected chi connectivity index (χ1v) is 7.21. The Morgan fingerprint density at radius 1 is 1.14 bits per heavy atom. The summed E-state index contributed by atoms with van der Waals surface area (Å²) in [5, 5.41) is 0. The van der Waals surface area contributed by atoms with Crippen molar-refractivity contribution in [3.63, 3.8) is 0 Å². The standard InChI is InChI=1S/C18H19NO2.ClH/c1-19(2)17-11-9-13-8-10-15(12-16(13)17)21-18(20)14-6-4-3-5-7-14;/h3-8,10,12,17H,9,11H2,1-2H3;1H/t17-;/m1./s1. The molecule has 0 N–H and O–H groups in total. The zero-order chi connectivity index (χ0) is 14.8. The Balaban J connectivity index is 0.00000176. The van der Waals surface area contributed by atoms with Crippen molar-refractivity contribution in [1.29, 1.82) is 0 Å². The SMILES string of the molecule is CN(C)[C@@H]1CCc2ccc(OC(=O)c3ccccc3)cc21.Cl. The molecule has 0 aliphatic heterocycles. The number of aryl methyl sites for hydroxylation is 1. The number of hydrogen-bond donors (Lipinski definition) is 0. The minimum absolute atomic E-state index is 0. The molecular formula is C18H20ClNO2. The lowest BCUT2D eigenvalue weighted by atomic mass is 10.1. The van der Waals surface area contributed by atoms with Crippen LogP contribution in [-0.2, 0) is 6.42 Å². The van der Waals surface area contributed by atoms with Crippen molar-refractivity contribution in [3.8, 4) is 5.75 Å². The average Bonchev–Trinajstić information content (AvgIpc) is 2.91. The summed E-state index contributed by atoms with van der Waals surface area (Å²) in [6.07, 6.45) is 2.21. The topological polar surface area (TPSA) is 29.5 Å². The number of nitrogens with zero attached hydrogens (tertiary/aromatic N) is 1. The lowest BCUT2D eigenvalue weighted by Gasteiger charge is -2.20. The van der Waals surface area contributed by atoms with Crippen LogP contribution in [0.3, 0.4) is 0 Å². The molecule has 0 spiro atoms. The van der Waals surface area contributed by atoms with Gasteiger partial charge in [0.15, 0.2) is 0 Å². The Morgan fingerprint density at radius 3 is 2.55 bits per heavy atom. The van der Waals surface area contributed by atoms with Crippen LogP contribution in [0.2, 0.25) is 0 Å². The smallest absolute Gasteiger partial charge is 0.343 e.